The first kappa shape index (κ1) is 29.0. The SMILES string of the molecule is [CH3][Zr]([CH3])([C]1=CC(c2ccccc2)=C(c2ccccc2)C1)(=[C](c1ccccc1)c1ccccc1)[c]1cccc2c1Cc1ccccc1-2. The molecular weight excluding hydrogens is 632 g/mol. The molecule has 0 bridgehead atoms. The zero-order valence-electron chi connectivity index (χ0n) is 26.6. The molecule has 0 saturated heterocycles. The van der Waals surface area contributed by atoms with Gasteiger partial charge in [0.25, 0.3) is 0 Å². The molecule has 0 unspecified atom stereocenters. The summed E-state index contributed by atoms with van der Waals surface area (Å²) < 4.78 is 10.2. The summed E-state index contributed by atoms with van der Waals surface area (Å²) in [6.07, 6.45) is 4.56. The van der Waals surface area contributed by atoms with Crippen molar-refractivity contribution in [3.05, 3.63) is 207 Å². The first-order valence-corrected chi connectivity index (χ1v) is 25.1. The van der Waals surface area contributed by atoms with Crippen LogP contribution >= 0.6 is 0 Å². The first-order valence-electron chi connectivity index (χ1n) is 16.5. The Hall–Kier alpha value is -4.45. The Bertz CT molecular complexity index is 2170. The van der Waals surface area contributed by atoms with Crippen LogP contribution in [-0.2, 0) is 24.7 Å². The number of benzene rings is 6. The summed E-state index contributed by atoms with van der Waals surface area (Å²) in [4.78, 5) is 0. The van der Waals surface area contributed by atoms with Crippen molar-refractivity contribution in [2.24, 2.45) is 0 Å². The Morgan fingerprint density at radius 1 is 0.478 bits per heavy atom. The van der Waals surface area contributed by atoms with E-state index in [9.17, 15) is 0 Å². The summed E-state index contributed by atoms with van der Waals surface area (Å²) in [5.41, 5.74) is 13.9. The van der Waals surface area contributed by atoms with Gasteiger partial charge in [-0.1, -0.05) is 0 Å². The fourth-order valence-corrected chi connectivity index (χ4v) is 23.2. The molecule has 0 radical (unpaired) electrons. The molecule has 0 saturated carbocycles. The van der Waals surface area contributed by atoms with Crippen LogP contribution in [0.25, 0.3) is 22.3 Å². The average Bonchev–Trinajstić information content (AvgIpc) is 3.74. The normalized spacial score (nSPS) is 14.1. The number of rotatable bonds is 6. The van der Waals surface area contributed by atoms with Gasteiger partial charge in [-0.3, -0.25) is 0 Å². The standard InChI is InChI=1S/C17H13.C13H9.C13H10.2CH3.Zr/c1-3-8-14(9-4-1)16-12-7-13-17(16)15-10-5-2-6-11-15;1-3-7-12-10(5-1)9-11-6-2-4-8-13(11)12;1-3-7-12(8-4-1)11-13-9-5-2-6-10-13;;;/h1-6,8-12H,13H2;1-5,7-8H,9H2;1-10H;2*1H3;. The summed E-state index contributed by atoms with van der Waals surface area (Å²) in [5, 5.41) is 0. The Kier molecular flexibility index (Phi) is 7.19. The van der Waals surface area contributed by atoms with Crippen molar-refractivity contribution >= 4 is 17.6 Å². The molecule has 0 nitrogen and oxygen atoms in total. The minimum absolute atomic E-state index is 0.951. The van der Waals surface area contributed by atoms with Crippen LogP contribution in [0.5, 0.6) is 0 Å². The maximum absolute atomic E-state index is 4.48. The van der Waals surface area contributed by atoms with Crippen molar-refractivity contribution in [3.63, 3.8) is 0 Å². The van der Waals surface area contributed by atoms with E-state index < -0.39 is 18.3 Å². The Labute approximate surface area is 274 Å². The van der Waals surface area contributed by atoms with Gasteiger partial charge >= 0.3 is 276 Å². The number of allylic oxidation sites excluding steroid dienone is 4. The molecule has 0 heterocycles. The third kappa shape index (κ3) is 4.64. The van der Waals surface area contributed by atoms with Gasteiger partial charge in [0.2, 0.25) is 0 Å². The molecule has 1 heteroatoms. The van der Waals surface area contributed by atoms with Crippen LogP contribution in [0.4, 0.5) is 0 Å². The molecule has 2 aliphatic carbocycles. The summed E-state index contributed by atoms with van der Waals surface area (Å²) in [6, 6.07) is 60.9. The topological polar surface area (TPSA) is 0 Å². The van der Waals surface area contributed by atoms with Crippen molar-refractivity contribution in [2.75, 3.05) is 0 Å². The molecule has 0 amide bonds. The molecule has 0 aromatic heterocycles. The van der Waals surface area contributed by atoms with Crippen molar-refractivity contribution in [1.29, 1.82) is 0 Å². The molecule has 46 heavy (non-hydrogen) atoms. The number of hydrogen-bond acceptors (Lipinski definition) is 0. The predicted octanol–water partition coefficient (Wildman–Crippen LogP) is 10.8. The second-order valence-electron chi connectivity index (χ2n) is 13.6. The molecular formula is C45H38Zr. The summed E-state index contributed by atoms with van der Waals surface area (Å²) >= 11 is -4.48. The van der Waals surface area contributed by atoms with Crippen LogP contribution in [0.3, 0.4) is 0 Å². The van der Waals surface area contributed by atoms with Gasteiger partial charge in [0.1, 0.15) is 0 Å². The van der Waals surface area contributed by atoms with E-state index in [4.69, 9.17) is 0 Å². The van der Waals surface area contributed by atoms with Gasteiger partial charge in [-0.2, -0.15) is 0 Å². The molecule has 0 spiro atoms. The Balaban J connectivity index is 1.50. The summed E-state index contributed by atoms with van der Waals surface area (Å²) in [5.74, 6) is 0. The van der Waals surface area contributed by atoms with Crippen molar-refractivity contribution in [1.82, 2.24) is 0 Å². The first-order chi connectivity index (χ1) is 22.5. The fourth-order valence-electron chi connectivity index (χ4n) is 8.42. The molecule has 0 atom stereocenters. The van der Waals surface area contributed by atoms with Gasteiger partial charge < -0.3 is 0 Å². The fraction of sp³-hybridized carbons (Fsp3) is 0.0889. The zero-order chi connectivity index (χ0) is 31.2. The Morgan fingerprint density at radius 2 is 1.00 bits per heavy atom. The minimum atomic E-state index is -4.48. The average molecular weight is 670 g/mol. The number of hydrogen-bond donors (Lipinski definition) is 0. The predicted molar refractivity (Wildman–Crippen MR) is 195 cm³/mol. The molecule has 0 aliphatic heterocycles. The van der Waals surface area contributed by atoms with E-state index in [-0.39, 0.29) is 0 Å². The van der Waals surface area contributed by atoms with Crippen LogP contribution < -0.4 is 3.27 Å². The Morgan fingerprint density at radius 3 is 1.63 bits per heavy atom. The van der Waals surface area contributed by atoms with Crippen molar-refractivity contribution in [3.8, 4) is 11.1 Å². The van der Waals surface area contributed by atoms with Crippen LogP contribution in [0.15, 0.2) is 173 Å². The van der Waals surface area contributed by atoms with Crippen LogP contribution in [-0.4, -0.2) is 3.21 Å². The molecule has 6 aromatic carbocycles. The van der Waals surface area contributed by atoms with Gasteiger partial charge in [0.15, 0.2) is 0 Å². The maximum atomic E-state index is 2.72. The monoisotopic (exact) mass is 668 g/mol. The van der Waals surface area contributed by atoms with E-state index in [0.29, 0.717) is 0 Å². The third-order valence-electron chi connectivity index (χ3n) is 10.7. The second-order valence-corrected chi connectivity index (χ2v) is 29.4. The van der Waals surface area contributed by atoms with Crippen LogP contribution in [0.1, 0.15) is 39.8 Å². The van der Waals surface area contributed by atoms with Gasteiger partial charge in [-0.15, -0.1) is 0 Å². The molecule has 222 valence electrons. The molecule has 2 aliphatic rings. The third-order valence-corrected chi connectivity index (χ3v) is 26.5. The van der Waals surface area contributed by atoms with Crippen molar-refractivity contribution < 1.29 is 18.3 Å². The van der Waals surface area contributed by atoms with E-state index in [1.54, 1.807) is 9.76 Å². The van der Waals surface area contributed by atoms with E-state index in [1.807, 2.05) is 0 Å². The summed E-state index contributed by atoms with van der Waals surface area (Å²) in [6.45, 7) is 0. The number of fused-ring (bicyclic) bond motifs is 3. The molecule has 6 aromatic rings. The quantitative estimate of drug-likeness (QED) is 0.165. The molecule has 8 rings (SSSR count). The van der Waals surface area contributed by atoms with Crippen LogP contribution in [0, 0.1) is 0 Å². The summed E-state index contributed by atoms with van der Waals surface area (Å²) in [7, 11) is 0. The zero-order valence-corrected chi connectivity index (χ0v) is 29.0. The van der Waals surface area contributed by atoms with Crippen molar-refractivity contribution in [2.45, 2.75) is 22.1 Å². The second kappa shape index (κ2) is 11.4. The van der Waals surface area contributed by atoms with E-state index >= 15 is 0 Å². The van der Waals surface area contributed by atoms with Crippen LogP contribution in [0.2, 0.25) is 9.26 Å². The molecule has 0 fully saturated rings. The van der Waals surface area contributed by atoms with Gasteiger partial charge in [-0.05, 0) is 0 Å². The van der Waals surface area contributed by atoms with E-state index in [1.165, 1.54) is 55.7 Å². The van der Waals surface area contributed by atoms with E-state index in [0.717, 1.165) is 12.8 Å². The van der Waals surface area contributed by atoms with E-state index in [2.05, 4.69) is 179 Å². The van der Waals surface area contributed by atoms with Gasteiger partial charge in [-0.25, -0.2) is 0 Å². The van der Waals surface area contributed by atoms with Gasteiger partial charge in [0.05, 0.1) is 0 Å². The van der Waals surface area contributed by atoms with Gasteiger partial charge in [0, 0.05) is 0 Å². The molecule has 0 N–H and O–H groups in total.